The first-order valence-corrected chi connectivity index (χ1v) is 7.60. The summed E-state index contributed by atoms with van der Waals surface area (Å²) in [7, 11) is 0. The van der Waals surface area contributed by atoms with E-state index >= 15 is 0 Å². The molecule has 0 atom stereocenters. The summed E-state index contributed by atoms with van der Waals surface area (Å²) in [6, 6.07) is 12.9. The van der Waals surface area contributed by atoms with E-state index in [-0.39, 0.29) is 5.91 Å². The molecule has 1 amide bonds. The summed E-state index contributed by atoms with van der Waals surface area (Å²) in [5.74, 6) is -0.213. The second kappa shape index (κ2) is 5.39. The van der Waals surface area contributed by atoms with Crippen LogP contribution in [0.2, 0.25) is 5.02 Å². The first-order valence-electron chi connectivity index (χ1n) is 6.41. The van der Waals surface area contributed by atoms with Crippen LogP contribution in [0.15, 0.2) is 42.5 Å². The number of hydrogen-bond acceptors (Lipinski definition) is 3. The number of fused-ring (bicyclic) bond motifs is 1. The maximum Gasteiger partial charge on any atom is 0.267 e. The van der Waals surface area contributed by atoms with Gasteiger partial charge in [-0.15, -0.1) is 11.3 Å². The number of carbonyl (C=O) groups excluding carboxylic acids is 1. The van der Waals surface area contributed by atoms with Gasteiger partial charge >= 0.3 is 0 Å². The van der Waals surface area contributed by atoms with Crippen LogP contribution in [0.3, 0.4) is 0 Å². The minimum atomic E-state index is -0.213. The SMILES string of the molecule is Cc1cccc2c(N)c(C(=O)Nc3cccc(Cl)c3)sc12. The molecule has 0 aliphatic rings. The molecule has 3 nitrogen and oxygen atoms in total. The highest BCUT2D eigenvalue weighted by molar-refractivity contribution is 7.21. The highest BCUT2D eigenvalue weighted by Crippen LogP contribution is 2.36. The molecule has 0 aliphatic heterocycles. The summed E-state index contributed by atoms with van der Waals surface area (Å²) >= 11 is 7.33. The lowest BCUT2D eigenvalue weighted by molar-refractivity contribution is 0.103. The Labute approximate surface area is 131 Å². The van der Waals surface area contributed by atoms with Crippen molar-refractivity contribution in [3.63, 3.8) is 0 Å². The van der Waals surface area contributed by atoms with Gasteiger partial charge in [-0.25, -0.2) is 0 Å². The zero-order valence-electron chi connectivity index (χ0n) is 11.3. The normalized spacial score (nSPS) is 10.8. The number of nitrogens with two attached hydrogens (primary N) is 1. The molecule has 0 unspecified atom stereocenters. The number of benzene rings is 2. The van der Waals surface area contributed by atoms with E-state index in [1.807, 2.05) is 25.1 Å². The summed E-state index contributed by atoms with van der Waals surface area (Å²) in [6.45, 7) is 2.01. The average Bonchev–Trinajstić information content (AvgIpc) is 2.78. The van der Waals surface area contributed by atoms with E-state index < -0.39 is 0 Å². The second-order valence-corrected chi connectivity index (χ2v) is 6.22. The number of rotatable bonds is 2. The third kappa shape index (κ3) is 2.60. The van der Waals surface area contributed by atoms with Crippen LogP contribution >= 0.6 is 22.9 Å². The number of halogens is 1. The lowest BCUT2D eigenvalue weighted by Gasteiger charge is -2.04. The molecule has 0 bridgehead atoms. The van der Waals surface area contributed by atoms with E-state index in [9.17, 15) is 4.79 Å². The van der Waals surface area contributed by atoms with Crippen LogP contribution in [0.1, 0.15) is 15.2 Å². The van der Waals surface area contributed by atoms with E-state index in [4.69, 9.17) is 17.3 Å². The van der Waals surface area contributed by atoms with Crippen LogP contribution in [0.25, 0.3) is 10.1 Å². The van der Waals surface area contributed by atoms with Gasteiger partial charge in [-0.2, -0.15) is 0 Å². The van der Waals surface area contributed by atoms with Crippen molar-refractivity contribution in [2.45, 2.75) is 6.92 Å². The van der Waals surface area contributed by atoms with Gasteiger partial charge < -0.3 is 11.1 Å². The van der Waals surface area contributed by atoms with E-state index in [1.165, 1.54) is 11.3 Å². The molecular formula is C16H13ClN2OS. The highest BCUT2D eigenvalue weighted by Gasteiger charge is 2.17. The van der Waals surface area contributed by atoms with Crippen molar-refractivity contribution in [1.29, 1.82) is 0 Å². The van der Waals surface area contributed by atoms with E-state index in [1.54, 1.807) is 24.3 Å². The molecule has 0 fully saturated rings. The Kier molecular flexibility index (Phi) is 3.57. The molecule has 1 aromatic heterocycles. The summed E-state index contributed by atoms with van der Waals surface area (Å²) in [5.41, 5.74) is 8.41. The van der Waals surface area contributed by atoms with Crippen LogP contribution < -0.4 is 11.1 Å². The van der Waals surface area contributed by atoms with Crippen molar-refractivity contribution in [2.75, 3.05) is 11.1 Å². The molecule has 0 aliphatic carbocycles. The lowest BCUT2D eigenvalue weighted by Crippen LogP contribution is -2.11. The predicted octanol–water partition coefficient (Wildman–Crippen LogP) is 4.70. The quantitative estimate of drug-likeness (QED) is 0.720. The smallest absolute Gasteiger partial charge is 0.267 e. The van der Waals surface area contributed by atoms with E-state index in [0.29, 0.717) is 21.3 Å². The Morgan fingerprint density at radius 2 is 2.00 bits per heavy atom. The van der Waals surface area contributed by atoms with Gasteiger partial charge in [0.1, 0.15) is 4.88 Å². The molecule has 3 rings (SSSR count). The fourth-order valence-corrected chi connectivity index (χ4v) is 3.48. The largest absolute Gasteiger partial charge is 0.397 e. The van der Waals surface area contributed by atoms with Gasteiger partial charge in [0.25, 0.3) is 5.91 Å². The highest BCUT2D eigenvalue weighted by atomic mass is 35.5. The molecule has 5 heteroatoms. The van der Waals surface area contributed by atoms with Crippen molar-refractivity contribution < 1.29 is 4.79 Å². The number of anilines is 2. The molecule has 3 N–H and O–H groups in total. The third-order valence-corrected chi connectivity index (χ3v) is 4.83. The molecule has 3 aromatic rings. The zero-order valence-corrected chi connectivity index (χ0v) is 12.9. The molecule has 2 aromatic carbocycles. The Balaban J connectivity index is 1.98. The van der Waals surface area contributed by atoms with E-state index in [0.717, 1.165) is 15.6 Å². The van der Waals surface area contributed by atoms with Gasteiger partial charge in [-0.3, -0.25) is 4.79 Å². The number of nitrogens with one attached hydrogen (secondary N) is 1. The van der Waals surface area contributed by atoms with Gasteiger partial charge in [0, 0.05) is 20.8 Å². The molecule has 21 heavy (non-hydrogen) atoms. The van der Waals surface area contributed by atoms with Gasteiger partial charge in [0.15, 0.2) is 0 Å². The summed E-state index contributed by atoms with van der Waals surface area (Å²) < 4.78 is 1.05. The Bertz CT molecular complexity index is 841. The summed E-state index contributed by atoms with van der Waals surface area (Å²) in [5, 5.41) is 4.33. The molecule has 0 radical (unpaired) electrons. The zero-order chi connectivity index (χ0) is 15.0. The topological polar surface area (TPSA) is 55.1 Å². The monoisotopic (exact) mass is 316 g/mol. The van der Waals surface area contributed by atoms with Crippen LogP contribution in [0, 0.1) is 6.92 Å². The van der Waals surface area contributed by atoms with Crippen molar-refractivity contribution >= 4 is 50.3 Å². The van der Waals surface area contributed by atoms with Gasteiger partial charge in [-0.1, -0.05) is 35.9 Å². The van der Waals surface area contributed by atoms with Crippen molar-refractivity contribution in [3.05, 3.63) is 57.9 Å². The summed E-state index contributed by atoms with van der Waals surface area (Å²) in [4.78, 5) is 12.9. The summed E-state index contributed by atoms with van der Waals surface area (Å²) in [6.07, 6.45) is 0. The minimum Gasteiger partial charge on any atom is -0.397 e. The molecule has 0 saturated carbocycles. The van der Waals surface area contributed by atoms with Crippen molar-refractivity contribution in [1.82, 2.24) is 0 Å². The van der Waals surface area contributed by atoms with Gasteiger partial charge in [0.05, 0.1) is 5.69 Å². The fourth-order valence-electron chi connectivity index (χ4n) is 2.20. The second-order valence-electron chi connectivity index (χ2n) is 4.76. The number of thiophene rings is 1. The maximum atomic E-state index is 12.4. The van der Waals surface area contributed by atoms with Gasteiger partial charge in [-0.05, 0) is 30.7 Å². The van der Waals surface area contributed by atoms with Gasteiger partial charge in [0.2, 0.25) is 0 Å². The molecule has 0 spiro atoms. The molecule has 106 valence electrons. The lowest BCUT2D eigenvalue weighted by atomic mass is 10.1. The molecule has 0 saturated heterocycles. The van der Waals surface area contributed by atoms with E-state index in [2.05, 4.69) is 5.32 Å². The number of nitrogen functional groups attached to an aromatic ring is 1. The number of amides is 1. The molecule has 1 heterocycles. The van der Waals surface area contributed by atoms with Crippen LogP contribution in [-0.4, -0.2) is 5.91 Å². The fraction of sp³-hybridized carbons (Fsp3) is 0.0625. The van der Waals surface area contributed by atoms with Crippen LogP contribution in [0.5, 0.6) is 0 Å². The molecular weight excluding hydrogens is 304 g/mol. The first kappa shape index (κ1) is 13.9. The Morgan fingerprint density at radius 3 is 2.71 bits per heavy atom. The third-order valence-electron chi connectivity index (χ3n) is 3.24. The Morgan fingerprint density at radius 1 is 1.24 bits per heavy atom. The standard InChI is InChI=1S/C16H13ClN2OS/c1-9-4-2-7-12-13(18)15(21-14(9)12)16(20)19-11-6-3-5-10(17)8-11/h2-8H,18H2,1H3,(H,19,20). The number of hydrogen-bond donors (Lipinski definition) is 2. The predicted molar refractivity (Wildman–Crippen MR) is 90.4 cm³/mol. The number of aryl methyl sites for hydroxylation is 1. The first-order chi connectivity index (χ1) is 10.1. The number of carbonyl (C=O) groups is 1. The van der Waals surface area contributed by atoms with Crippen LogP contribution in [-0.2, 0) is 0 Å². The van der Waals surface area contributed by atoms with Crippen molar-refractivity contribution in [3.8, 4) is 0 Å². The maximum absolute atomic E-state index is 12.4. The Hall–Kier alpha value is -2.04. The average molecular weight is 317 g/mol. The minimum absolute atomic E-state index is 0.213. The van der Waals surface area contributed by atoms with Crippen molar-refractivity contribution in [2.24, 2.45) is 0 Å². The van der Waals surface area contributed by atoms with Crippen LogP contribution in [0.4, 0.5) is 11.4 Å².